The van der Waals surface area contributed by atoms with Crippen LogP contribution in [-0.4, -0.2) is 11.7 Å². The molecule has 6 heteroatoms. The number of pyridine rings is 1. The summed E-state index contributed by atoms with van der Waals surface area (Å²) in [6, 6.07) is 5.68. The van der Waals surface area contributed by atoms with Gasteiger partial charge in [0, 0.05) is 16.2 Å². The van der Waals surface area contributed by atoms with E-state index < -0.39 is 0 Å². The van der Waals surface area contributed by atoms with Crippen LogP contribution >= 0.6 is 31.9 Å². The molecule has 1 heterocycles. The van der Waals surface area contributed by atoms with Crippen LogP contribution in [-0.2, 0) is 6.54 Å². The molecule has 0 bridgehead atoms. The second-order valence-corrected chi connectivity index (χ2v) is 6.12. The van der Waals surface area contributed by atoms with Crippen LogP contribution in [0.15, 0.2) is 38.1 Å². The average Bonchev–Trinajstić information content (AvgIpc) is 2.43. The Morgan fingerprint density at radius 3 is 2.70 bits per heavy atom. The summed E-state index contributed by atoms with van der Waals surface area (Å²) in [7, 11) is 1.61. The van der Waals surface area contributed by atoms with Crippen molar-refractivity contribution in [3.8, 4) is 5.75 Å². The van der Waals surface area contributed by atoms with Gasteiger partial charge in [0.15, 0.2) is 0 Å². The van der Waals surface area contributed by atoms with E-state index in [1.165, 1.54) is 0 Å². The lowest BCUT2D eigenvalue weighted by atomic mass is 10.2. The minimum atomic E-state index is -0.112. The molecule has 1 aromatic heterocycles. The van der Waals surface area contributed by atoms with Gasteiger partial charge < -0.3 is 15.0 Å². The van der Waals surface area contributed by atoms with Gasteiger partial charge in [-0.1, -0.05) is 15.9 Å². The monoisotopic (exact) mass is 400 g/mol. The quantitative estimate of drug-likeness (QED) is 0.858. The third-order valence-corrected chi connectivity index (χ3v) is 4.52. The first kappa shape index (κ1) is 15.1. The van der Waals surface area contributed by atoms with Crippen molar-refractivity contribution >= 4 is 37.5 Å². The largest absolute Gasteiger partial charge is 0.496 e. The maximum atomic E-state index is 12.2. The molecule has 0 aliphatic rings. The minimum absolute atomic E-state index is 0.112. The first-order valence-electron chi connectivity index (χ1n) is 5.91. The molecule has 0 saturated carbocycles. The Morgan fingerprint density at radius 1 is 1.35 bits per heavy atom. The molecule has 0 unspecified atom stereocenters. The Bertz CT molecular complexity index is 711. The summed E-state index contributed by atoms with van der Waals surface area (Å²) in [5.74, 6) is 0.732. The third-order valence-electron chi connectivity index (χ3n) is 3.09. The zero-order valence-electron chi connectivity index (χ0n) is 11.1. The summed E-state index contributed by atoms with van der Waals surface area (Å²) in [4.78, 5) is 12.2. The molecule has 2 N–H and O–H groups in total. The van der Waals surface area contributed by atoms with Crippen LogP contribution in [0.3, 0.4) is 0 Å². The maximum Gasteiger partial charge on any atom is 0.265 e. The van der Waals surface area contributed by atoms with E-state index >= 15 is 0 Å². The van der Waals surface area contributed by atoms with Crippen molar-refractivity contribution in [2.45, 2.75) is 13.5 Å². The van der Waals surface area contributed by atoms with Gasteiger partial charge in [-0.15, -0.1) is 0 Å². The lowest BCUT2D eigenvalue weighted by molar-refractivity contribution is 0.408. The third kappa shape index (κ3) is 2.91. The fourth-order valence-electron chi connectivity index (χ4n) is 1.91. The predicted molar refractivity (Wildman–Crippen MR) is 87.3 cm³/mol. The minimum Gasteiger partial charge on any atom is -0.496 e. The summed E-state index contributed by atoms with van der Waals surface area (Å²) in [6.45, 7) is 2.20. The molecule has 0 radical (unpaired) electrons. The highest BCUT2D eigenvalue weighted by Gasteiger charge is 2.11. The molecule has 2 aromatic rings. The normalized spacial score (nSPS) is 10.6. The molecule has 0 aliphatic carbocycles. The first-order chi connectivity index (χ1) is 9.43. The van der Waals surface area contributed by atoms with Crippen molar-refractivity contribution in [2.75, 3.05) is 12.8 Å². The number of anilines is 1. The standard InChI is InChI=1S/C14H14Br2N2O2/c1-8-11(17)7-18(14(19)13(8)16)6-9-5-10(15)3-4-12(9)20-2/h3-5,7H,6,17H2,1-2H3. The highest BCUT2D eigenvalue weighted by Crippen LogP contribution is 2.24. The van der Waals surface area contributed by atoms with Crippen LogP contribution in [0.1, 0.15) is 11.1 Å². The van der Waals surface area contributed by atoms with Gasteiger partial charge in [0.2, 0.25) is 0 Å². The fourth-order valence-corrected chi connectivity index (χ4v) is 2.77. The summed E-state index contributed by atoms with van der Waals surface area (Å²) < 4.78 is 8.31. The number of hydrogen-bond donors (Lipinski definition) is 1. The number of ether oxygens (including phenoxy) is 1. The number of nitrogens with two attached hydrogens (primary N) is 1. The lowest BCUT2D eigenvalue weighted by Crippen LogP contribution is -2.23. The van der Waals surface area contributed by atoms with Crippen LogP contribution < -0.4 is 16.0 Å². The topological polar surface area (TPSA) is 57.2 Å². The number of hydrogen-bond acceptors (Lipinski definition) is 3. The van der Waals surface area contributed by atoms with Crippen LogP contribution in [0.2, 0.25) is 0 Å². The molecule has 20 heavy (non-hydrogen) atoms. The van der Waals surface area contributed by atoms with Crippen molar-refractivity contribution in [2.24, 2.45) is 0 Å². The molecular weight excluding hydrogens is 388 g/mol. The van der Waals surface area contributed by atoms with E-state index in [1.54, 1.807) is 17.9 Å². The Morgan fingerprint density at radius 2 is 2.05 bits per heavy atom. The molecule has 4 nitrogen and oxygen atoms in total. The van der Waals surface area contributed by atoms with Crippen LogP contribution in [0.4, 0.5) is 5.69 Å². The van der Waals surface area contributed by atoms with Crippen LogP contribution in [0.25, 0.3) is 0 Å². The van der Waals surface area contributed by atoms with E-state index in [0.29, 0.717) is 16.7 Å². The van der Waals surface area contributed by atoms with Crippen molar-refractivity contribution in [1.82, 2.24) is 4.57 Å². The smallest absolute Gasteiger partial charge is 0.265 e. The Hall–Kier alpha value is -1.27. The SMILES string of the molecule is COc1ccc(Br)cc1Cn1cc(N)c(C)c(Br)c1=O. The Kier molecular flexibility index (Phi) is 4.55. The first-order valence-corrected chi connectivity index (χ1v) is 7.50. The summed E-state index contributed by atoms with van der Waals surface area (Å²) >= 11 is 6.71. The zero-order chi connectivity index (χ0) is 14.9. The van der Waals surface area contributed by atoms with Gasteiger partial charge in [-0.05, 0) is 46.6 Å². The van der Waals surface area contributed by atoms with E-state index in [2.05, 4.69) is 31.9 Å². The van der Waals surface area contributed by atoms with Gasteiger partial charge in [0.05, 0.1) is 23.8 Å². The number of benzene rings is 1. The van der Waals surface area contributed by atoms with Gasteiger partial charge in [-0.2, -0.15) is 0 Å². The second-order valence-electron chi connectivity index (χ2n) is 4.41. The van der Waals surface area contributed by atoms with E-state index in [0.717, 1.165) is 21.3 Å². The van der Waals surface area contributed by atoms with Crippen molar-refractivity contribution < 1.29 is 4.74 Å². The van der Waals surface area contributed by atoms with Gasteiger partial charge in [-0.25, -0.2) is 0 Å². The predicted octanol–water partition coefficient (Wildman–Crippen LogP) is 3.32. The molecule has 0 aliphatic heterocycles. The van der Waals surface area contributed by atoms with E-state index in [1.807, 2.05) is 25.1 Å². The fraction of sp³-hybridized carbons (Fsp3) is 0.214. The highest BCUT2D eigenvalue weighted by atomic mass is 79.9. The van der Waals surface area contributed by atoms with Crippen molar-refractivity contribution in [3.05, 3.63) is 54.8 Å². The van der Waals surface area contributed by atoms with Crippen LogP contribution in [0, 0.1) is 6.92 Å². The highest BCUT2D eigenvalue weighted by molar-refractivity contribution is 9.10. The number of rotatable bonds is 3. The molecule has 1 aromatic carbocycles. The van der Waals surface area contributed by atoms with Crippen molar-refractivity contribution in [3.63, 3.8) is 0 Å². The van der Waals surface area contributed by atoms with Crippen molar-refractivity contribution in [1.29, 1.82) is 0 Å². The lowest BCUT2D eigenvalue weighted by Gasteiger charge is -2.13. The molecular formula is C14H14Br2N2O2. The molecule has 2 rings (SSSR count). The van der Waals surface area contributed by atoms with Gasteiger partial charge in [0.1, 0.15) is 5.75 Å². The Balaban J connectivity index is 2.51. The summed E-state index contributed by atoms with van der Waals surface area (Å²) in [5.41, 5.74) is 8.04. The number of nitrogens with zero attached hydrogens (tertiary/aromatic N) is 1. The molecule has 0 fully saturated rings. The van der Waals surface area contributed by atoms with Gasteiger partial charge in [0.25, 0.3) is 5.56 Å². The van der Waals surface area contributed by atoms with Crippen LogP contribution in [0.5, 0.6) is 5.75 Å². The van der Waals surface area contributed by atoms with E-state index in [-0.39, 0.29) is 5.56 Å². The number of methoxy groups -OCH3 is 1. The second kappa shape index (κ2) is 6.01. The molecule has 106 valence electrons. The Labute approximate surface area is 133 Å². The van der Waals surface area contributed by atoms with Gasteiger partial charge >= 0.3 is 0 Å². The van der Waals surface area contributed by atoms with Gasteiger partial charge in [-0.3, -0.25) is 4.79 Å². The summed E-state index contributed by atoms with van der Waals surface area (Å²) in [6.07, 6.45) is 1.66. The molecule has 0 spiro atoms. The van der Waals surface area contributed by atoms with E-state index in [4.69, 9.17) is 10.5 Å². The maximum absolute atomic E-state index is 12.2. The zero-order valence-corrected chi connectivity index (χ0v) is 14.3. The molecule has 0 atom stereocenters. The number of nitrogen functional groups attached to an aromatic ring is 1. The van der Waals surface area contributed by atoms with E-state index in [9.17, 15) is 4.79 Å². The summed E-state index contributed by atoms with van der Waals surface area (Å²) in [5, 5.41) is 0. The number of halogens is 2. The number of aromatic nitrogens is 1. The molecule has 0 amide bonds. The average molecular weight is 402 g/mol. The molecule has 0 saturated heterocycles.